The molecule has 1 aromatic rings. The molecule has 0 radical (unpaired) electrons. The fourth-order valence-electron chi connectivity index (χ4n) is 1.01. The van der Waals surface area contributed by atoms with Gasteiger partial charge in [-0.05, 0) is 24.1 Å². The molecule has 0 heterocycles. The molecule has 70 valence electrons. The van der Waals surface area contributed by atoms with Gasteiger partial charge in [0.25, 0.3) is 0 Å². The summed E-state index contributed by atoms with van der Waals surface area (Å²) in [5.41, 5.74) is 3.31. The van der Waals surface area contributed by atoms with Crippen molar-refractivity contribution in [1.82, 2.24) is 5.48 Å². The molecular weight excluding hydrogens is 170 g/mol. The van der Waals surface area contributed by atoms with Gasteiger partial charge >= 0.3 is 5.97 Å². The molecule has 0 saturated carbocycles. The molecule has 0 aliphatic heterocycles. The Bertz CT molecular complexity index is 281. The molecule has 0 spiro atoms. The van der Waals surface area contributed by atoms with Gasteiger partial charge in [-0.2, -0.15) is 0 Å². The van der Waals surface area contributed by atoms with Gasteiger partial charge in [0.1, 0.15) is 0 Å². The van der Waals surface area contributed by atoms with Gasteiger partial charge in [0.2, 0.25) is 0 Å². The van der Waals surface area contributed by atoms with Crippen LogP contribution in [-0.2, 0) is 6.42 Å². The number of hydrogen-bond donors (Lipinski definition) is 3. The Balaban J connectivity index is 2.64. The average Bonchev–Trinajstić information content (AvgIpc) is 2.15. The van der Waals surface area contributed by atoms with Crippen LogP contribution in [0.1, 0.15) is 15.9 Å². The highest BCUT2D eigenvalue weighted by molar-refractivity contribution is 5.87. The van der Waals surface area contributed by atoms with E-state index in [1.165, 1.54) is 0 Å². The Morgan fingerprint density at radius 3 is 2.38 bits per heavy atom. The van der Waals surface area contributed by atoms with Gasteiger partial charge in [0.05, 0.1) is 5.56 Å². The monoisotopic (exact) mass is 181 g/mol. The normalized spacial score (nSPS) is 9.92. The van der Waals surface area contributed by atoms with E-state index in [1.54, 1.807) is 24.3 Å². The number of rotatable bonds is 4. The smallest absolute Gasteiger partial charge is 0.335 e. The largest absolute Gasteiger partial charge is 0.478 e. The average molecular weight is 181 g/mol. The quantitative estimate of drug-likeness (QED) is 0.604. The standard InChI is InChI=1S/C9H11NO3/c11-9(12)8-3-1-7(2-4-8)5-6-10-13/h1-4,10,13H,5-6H2,(H,11,12). The second-order valence-electron chi connectivity index (χ2n) is 2.66. The zero-order chi connectivity index (χ0) is 9.68. The summed E-state index contributed by atoms with van der Waals surface area (Å²) < 4.78 is 0. The third-order valence-corrected chi connectivity index (χ3v) is 1.73. The van der Waals surface area contributed by atoms with E-state index in [9.17, 15) is 4.79 Å². The molecule has 0 saturated heterocycles. The predicted octanol–water partition coefficient (Wildman–Crippen LogP) is 0.906. The minimum atomic E-state index is -0.924. The molecule has 0 fully saturated rings. The molecule has 4 heteroatoms. The van der Waals surface area contributed by atoms with E-state index in [1.807, 2.05) is 5.48 Å². The molecule has 3 N–H and O–H groups in total. The minimum absolute atomic E-state index is 0.278. The van der Waals surface area contributed by atoms with Crippen molar-refractivity contribution in [2.45, 2.75) is 6.42 Å². The van der Waals surface area contributed by atoms with Crippen LogP contribution in [0.2, 0.25) is 0 Å². The molecular formula is C9H11NO3. The van der Waals surface area contributed by atoms with E-state index in [-0.39, 0.29) is 5.56 Å². The van der Waals surface area contributed by atoms with E-state index in [4.69, 9.17) is 10.3 Å². The van der Waals surface area contributed by atoms with E-state index in [2.05, 4.69) is 0 Å². The first-order valence-corrected chi connectivity index (χ1v) is 3.93. The maximum absolute atomic E-state index is 10.5. The van der Waals surface area contributed by atoms with Gasteiger partial charge < -0.3 is 10.3 Å². The van der Waals surface area contributed by atoms with Crippen LogP contribution in [-0.4, -0.2) is 22.8 Å². The second-order valence-corrected chi connectivity index (χ2v) is 2.66. The van der Waals surface area contributed by atoms with Gasteiger partial charge in [-0.1, -0.05) is 12.1 Å². The lowest BCUT2D eigenvalue weighted by molar-refractivity contribution is 0.0697. The highest BCUT2D eigenvalue weighted by atomic mass is 16.5. The molecule has 13 heavy (non-hydrogen) atoms. The summed E-state index contributed by atoms with van der Waals surface area (Å²) in [6.07, 6.45) is 0.677. The third-order valence-electron chi connectivity index (χ3n) is 1.73. The van der Waals surface area contributed by atoms with Crippen molar-refractivity contribution in [3.05, 3.63) is 35.4 Å². The van der Waals surface area contributed by atoms with Gasteiger partial charge in [0, 0.05) is 6.54 Å². The molecule has 1 aromatic carbocycles. The zero-order valence-electron chi connectivity index (χ0n) is 7.03. The highest BCUT2D eigenvalue weighted by Gasteiger charge is 2.00. The second kappa shape index (κ2) is 4.59. The molecule has 4 nitrogen and oxygen atoms in total. The van der Waals surface area contributed by atoms with Crippen molar-refractivity contribution in [3.63, 3.8) is 0 Å². The molecule has 0 unspecified atom stereocenters. The number of benzene rings is 1. The zero-order valence-corrected chi connectivity index (χ0v) is 7.03. The topological polar surface area (TPSA) is 69.6 Å². The Morgan fingerprint density at radius 2 is 1.92 bits per heavy atom. The lowest BCUT2D eigenvalue weighted by Gasteiger charge is -2.00. The van der Waals surface area contributed by atoms with Crippen LogP contribution >= 0.6 is 0 Å². The van der Waals surface area contributed by atoms with Crippen molar-refractivity contribution in [1.29, 1.82) is 0 Å². The predicted molar refractivity (Wildman–Crippen MR) is 46.9 cm³/mol. The summed E-state index contributed by atoms with van der Waals surface area (Å²) in [5, 5.41) is 16.9. The number of hydroxylamine groups is 1. The number of hydrogen-bond acceptors (Lipinski definition) is 3. The maximum atomic E-state index is 10.5. The van der Waals surface area contributed by atoms with E-state index < -0.39 is 5.97 Å². The molecule has 0 atom stereocenters. The Kier molecular flexibility index (Phi) is 3.42. The fraction of sp³-hybridized carbons (Fsp3) is 0.222. The number of nitrogens with one attached hydrogen (secondary N) is 1. The first-order valence-electron chi connectivity index (χ1n) is 3.93. The van der Waals surface area contributed by atoms with E-state index in [0.717, 1.165) is 5.56 Å². The number of carboxylic acid groups (broad SMARTS) is 1. The molecule has 1 rings (SSSR count). The summed E-state index contributed by atoms with van der Waals surface area (Å²) in [7, 11) is 0. The molecule has 0 aliphatic rings. The van der Waals surface area contributed by atoms with Crippen molar-refractivity contribution in [3.8, 4) is 0 Å². The number of aromatic carboxylic acids is 1. The summed E-state index contributed by atoms with van der Waals surface area (Å²) >= 11 is 0. The van der Waals surface area contributed by atoms with Crippen LogP contribution in [0.5, 0.6) is 0 Å². The van der Waals surface area contributed by atoms with Crippen LogP contribution in [0.4, 0.5) is 0 Å². The van der Waals surface area contributed by atoms with Crippen LogP contribution < -0.4 is 5.48 Å². The van der Waals surface area contributed by atoms with E-state index in [0.29, 0.717) is 13.0 Å². The van der Waals surface area contributed by atoms with Crippen LogP contribution in [0.3, 0.4) is 0 Å². The molecule has 0 bridgehead atoms. The number of carboxylic acids is 1. The van der Waals surface area contributed by atoms with Gasteiger partial charge in [-0.25, -0.2) is 10.3 Å². The van der Waals surface area contributed by atoms with Crippen LogP contribution in [0, 0.1) is 0 Å². The Hall–Kier alpha value is -1.39. The minimum Gasteiger partial charge on any atom is -0.478 e. The Labute approximate surface area is 75.8 Å². The Morgan fingerprint density at radius 1 is 1.31 bits per heavy atom. The SMILES string of the molecule is O=C(O)c1ccc(CCNO)cc1. The molecule has 0 amide bonds. The first kappa shape index (κ1) is 9.70. The highest BCUT2D eigenvalue weighted by Crippen LogP contribution is 2.04. The number of carbonyl (C=O) groups is 1. The summed E-state index contributed by atoms with van der Waals surface area (Å²) in [4.78, 5) is 10.5. The first-order chi connectivity index (χ1) is 6.24. The lowest BCUT2D eigenvalue weighted by Crippen LogP contribution is -2.11. The van der Waals surface area contributed by atoms with Gasteiger partial charge in [-0.3, -0.25) is 0 Å². The molecule has 0 aliphatic carbocycles. The van der Waals surface area contributed by atoms with Crippen molar-refractivity contribution in [2.75, 3.05) is 6.54 Å². The van der Waals surface area contributed by atoms with E-state index >= 15 is 0 Å². The summed E-state index contributed by atoms with van der Waals surface area (Å²) in [6.45, 7) is 0.465. The maximum Gasteiger partial charge on any atom is 0.335 e. The third kappa shape index (κ3) is 2.85. The van der Waals surface area contributed by atoms with Crippen LogP contribution in [0.15, 0.2) is 24.3 Å². The van der Waals surface area contributed by atoms with Gasteiger partial charge in [0.15, 0.2) is 0 Å². The van der Waals surface area contributed by atoms with Crippen molar-refractivity contribution in [2.24, 2.45) is 0 Å². The molecule has 0 aromatic heterocycles. The summed E-state index contributed by atoms with van der Waals surface area (Å²) in [5.74, 6) is -0.924. The van der Waals surface area contributed by atoms with Gasteiger partial charge in [-0.15, -0.1) is 0 Å². The van der Waals surface area contributed by atoms with Crippen molar-refractivity contribution < 1.29 is 15.1 Å². The van der Waals surface area contributed by atoms with Crippen LogP contribution in [0.25, 0.3) is 0 Å². The fourth-order valence-corrected chi connectivity index (χ4v) is 1.01. The lowest BCUT2D eigenvalue weighted by atomic mass is 10.1. The van der Waals surface area contributed by atoms with Crippen molar-refractivity contribution >= 4 is 5.97 Å². The summed E-state index contributed by atoms with van der Waals surface area (Å²) in [6, 6.07) is 6.58.